The van der Waals surface area contributed by atoms with Crippen molar-refractivity contribution in [2.75, 3.05) is 0 Å². The van der Waals surface area contributed by atoms with Crippen LogP contribution >= 0.6 is 39.1 Å². The lowest BCUT2D eigenvalue weighted by Crippen LogP contribution is -2.52. The Morgan fingerprint density at radius 1 is 0.914 bits per heavy atom. The Balaban J connectivity index is 1.98. The highest BCUT2D eigenvalue weighted by atomic mass is 79.9. The van der Waals surface area contributed by atoms with Crippen LogP contribution in [0.2, 0.25) is 10.0 Å². The van der Waals surface area contributed by atoms with Crippen LogP contribution in [0.4, 0.5) is 0 Å². The molecule has 0 aliphatic carbocycles. The van der Waals surface area contributed by atoms with Crippen LogP contribution in [-0.4, -0.2) is 28.8 Å². The molecule has 35 heavy (non-hydrogen) atoms. The van der Waals surface area contributed by atoms with Gasteiger partial charge < -0.3 is 10.2 Å². The first-order valence-electron chi connectivity index (χ1n) is 11.6. The second-order valence-electron chi connectivity index (χ2n) is 8.60. The van der Waals surface area contributed by atoms with Crippen molar-refractivity contribution in [1.82, 2.24) is 10.2 Å². The minimum Gasteiger partial charge on any atom is -0.352 e. The second-order valence-corrected chi connectivity index (χ2v) is 10.3. The van der Waals surface area contributed by atoms with Gasteiger partial charge in [-0.05, 0) is 54.3 Å². The van der Waals surface area contributed by atoms with Crippen LogP contribution in [0.25, 0.3) is 0 Å². The topological polar surface area (TPSA) is 49.4 Å². The molecule has 3 rings (SSSR count). The predicted octanol–water partition coefficient (Wildman–Crippen LogP) is 6.85. The van der Waals surface area contributed by atoms with E-state index in [2.05, 4.69) is 21.2 Å². The molecule has 3 aromatic carbocycles. The minimum atomic E-state index is -0.680. The van der Waals surface area contributed by atoms with Gasteiger partial charge in [-0.1, -0.05) is 94.6 Å². The van der Waals surface area contributed by atoms with Gasteiger partial charge in [-0.3, -0.25) is 9.59 Å². The maximum absolute atomic E-state index is 13.7. The zero-order chi connectivity index (χ0) is 25.4. The molecule has 0 aliphatic heterocycles. The van der Waals surface area contributed by atoms with Gasteiger partial charge in [0, 0.05) is 23.5 Å². The van der Waals surface area contributed by atoms with E-state index >= 15 is 0 Å². The Kier molecular flexibility index (Phi) is 10.2. The first kappa shape index (κ1) is 27.3. The molecule has 0 spiro atoms. The van der Waals surface area contributed by atoms with Crippen molar-refractivity contribution in [3.63, 3.8) is 0 Å². The normalized spacial score (nSPS) is 12.6. The van der Waals surface area contributed by atoms with Gasteiger partial charge in [0.1, 0.15) is 6.04 Å². The fourth-order valence-corrected chi connectivity index (χ4v) is 4.52. The van der Waals surface area contributed by atoms with Crippen molar-refractivity contribution in [2.24, 2.45) is 0 Å². The molecule has 0 heterocycles. The Labute approximate surface area is 225 Å². The summed E-state index contributed by atoms with van der Waals surface area (Å²) >= 11 is 15.8. The number of rotatable bonds is 10. The van der Waals surface area contributed by atoms with Crippen molar-refractivity contribution in [1.29, 1.82) is 0 Å². The van der Waals surface area contributed by atoms with Gasteiger partial charge in [0.15, 0.2) is 0 Å². The van der Waals surface area contributed by atoms with Crippen LogP contribution in [0.1, 0.15) is 37.0 Å². The van der Waals surface area contributed by atoms with Crippen molar-refractivity contribution in [3.8, 4) is 0 Å². The summed E-state index contributed by atoms with van der Waals surface area (Å²) in [6, 6.07) is 22.0. The Bertz CT molecular complexity index is 1160. The molecule has 0 bridgehead atoms. The van der Waals surface area contributed by atoms with E-state index < -0.39 is 6.04 Å². The molecule has 0 fully saturated rings. The van der Waals surface area contributed by atoms with E-state index in [1.54, 1.807) is 23.1 Å². The minimum absolute atomic E-state index is 0.00123. The van der Waals surface area contributed by atoms with Gasteiger partial charge in [-0.2, -0.15) is 0 Å². The number of nitrogens with zero attached hydrogens (tertiary/aromatic N) is 1. The first-order valence-corrected chi connectivity index (χ1v) is 13.1. The van der Waals surface area contributed by atoms with E-state index in [0.29, 0.717) is 23.0 Å². The zero-order valence-corrected chi connectivity index (χ0v) is 22.9. The van der Waals surface area contributed by atoms with Gasteiger partial charge in [-0.25, -0.2) is 0 Å². The maximum Gasteiger partial charge on any atom is 0.243 e. The van der Waals surface area contributed by atoms with E-state index in [9.17, 15) is 9.59 Å². The summed E-state index contributed by atoms with van der Waals surface area (Å²) in [7, 11) is 0. The third-order valence-electron chi connectivity index (χ3n) is 5.85. The fraction of sp³-hybridized carbons (Fsp3) is 0.286. The number of amides is 2. The molecular weight excluding hydrogens is 547 g/mol. The molecule has 0 saturated heterocycles. The van der Waals surface area contributed by atoms with Gasteiger partial charge in [0.05, 0.1) is 16.5 Å². The molecule has 0 saturated carbocycles. The predicted molar refractivity (Wildman–Crippen MR) is 147 cm³/mol. The van der Waals surface area contributed by atoms with E-state index in [-0.39, 0.29) is 24.3 Å². The van der Waals surface area contributed by atoms with Crippen LogP contribution in [0.3, 0.4) is 0 Å². The van der Waals surface area contributed by atoms with Crippen molar-refractivity contribution in [3.05, 3.63) is 104 Å². The fourth-order valence-electron chi connectivity index (χ4n) is 3.75. The van der Waals surface area contributed by atoms with Gasteiger partial charge in [0.25, 0.3) is 0 Å². The molecule has 2 atom stereocenters. The number of hydrogen-bond donors (Lipinski definition) is 1. The average Bonchev–Trinajstić information content (AvgIpc) is 2.84. The van der Waals surface area contributed by atoms with Crippen molar-refractivity contribution in [2.45, 2.75) is 51.7 Å². The maximum atomic E-state index is 13.7. The Morgan fingerprint density at radius 2 is 1.63 bits per heavy atom. The standard InChI is InChI=1S/C28H29BrCl2N2O2/c1-3-19(2)32-28(35)26(16-20-8-5-4-6-9-20)33(18-22-10-7-11-23(29)14-22)27(34)17-21-12-13-24(30)25(31)15-21/h4-15,19,26H,3,16-18H2,1-2H3,(H,32,35). The molecule has 4 nitrogen and oxygen atoms in total. The molecular formula is C28H29BrCl2N2O2. The summed E-state index contributed by atoms with van der Waals surface area (Å²) in [6.07, 6.45) is 1.31. The van der Waals surface area contributed by atoms with E-state index in [1.807, 2.05) is 68.4 Å². The first-order chi connectivity index (χ1) is 16.8. The molecule has 0 aliphatic rings. The average molecular weight is 576 g/mol. The SMILES string of the molecule is CCC(C)NC(=O)C(Cc1ccccc1)N(Cc1cccc(Br)c1)C(=O)Cc1ccc(Cl)c(Cl)c1. The molecule has 2 unspecified atom stereocenters. The monoisotopic (exact) mass is 574 g/mol. The van der Waals surface area contributed by atoms with E-state index in [4.69, 9.17) is 23.2 Å². The summed E-state index contributed by atoms with van der Waals surface area (Å²) in [6.45, 7) is 4.28. The smallest absolute Gasteiger partial charge is 0.243 e. The van der Waals surface area contributed by atoms with Crippen LogP contribution in [0.5, 0.6) is 0 Å². The molecule has 1 N–H and O–H groups in total. The molecule has 184 valence electrons. The van der Waals surface area contributed by atoms with Gasteiger partial charge in [0.2, 0.25) is 11.8 Å². The highest BCUT2D eigenvalue weighted by Gasteiger charge is 2.31. The summed E-state index contributed by atoms with van der Waals surface area (Å²) in [4.78, 5) is 28.9. The summed E-state index contributed by atoms with van der Waals surface area (Å²) in [5.41, 5.74) is 2.65. The zero-order valence-electron chi connectivity index (χ0n) is 19.8. The summed E-state index contributed by atoms with van der Waals surface area (Å²) in [5.74, 6) is -0.329. The Hall–Kier alpha value is -2.34. The molecule has 3 aromatic rings. The number of benzene rings is 3. The quantitative estimate of drug-likeness (QED) is 0.287. The Morgan fingerprint density at radius 3 is 2.29 bits per heavy atom. The number of nitrogens with one attached hydrogen (secondary N) is 1. The summed E-state index contributed by atoms with van der Waals surface area (Å²) in [5, 5.41) is 3.91. The van der Waals surface area contributed by atoms with E-state index in [1.165, 1.54) is 0 Å². The lowest BCUT2D eigenvalue weighted by atomic mass is 10.0. The number of carbonyl (C=O) groups excluding carboxylic acids is 2. The highest BCUT2D eigenvalue weighted by molar-refractivity contribution is 9.10. The lowest BCUT2D eigenvalue weighted by molar-refractivity contribution is -0.141. The molecule has 0 radical (unpaired) electrons. The van der Waals surface area contributed by atoms with Crippen LogP contribution in [0, 0.1) is 0 Å². The molecule has 0 aromatic heterocycles. The van der Waals surface area contributed by atoms with Crippen molar-refractivity contribution >= 4 is 50.9 Å². The van der Waals surface area contributed by atoms with Gasteiger partial charge >= 0.3 is 0 Å². The third kappa shape index (κ3) is 8.09. The van der Waals surface area contributed by atoms with Crippen LogP contribution < -0.4 is 5.32 Å². The largest absolute Gasteiger partial charge is 0.352 e. The second kappa shape index (κ2) is 13.1. The van der Waals surface area contributed by atoms with Crippen LogP contribution in [0.15, 0.2) is 77.3 Å². The number of hydrogen-bond acceptors (Lipinski definition) is 2. The van der Waals surface area contributed by atoms with Gasteiger partial charge in [-0.15, -0.1) is 0 Å². The van der Waals surface area contributed by atoms with Crippen molar-refractivity contribution < 1.29 is 9.59 Å². The number of halogens is 3. The summed E-state index contributed by atoms with van der Waals surface area (Å²) < 4.78 is 0.913. The van der Waals surface area contributed by atoms with E-state index in [0.717, 1.165) is 27.6 Å². The van der Waals surface area contributed by atoms with Crippen LogP contribution in [-0.2, 0) is 29.0 Å². The lowest BCUT2D eigenvalue weighted by Gasteiger charge is -2.32. The molecule has 2 amide bonds. The molecule has 7 heteroatoms. The number of carbonyl (C=O) groups is 2. The highest BCUT2D eigenvalue weighted by Crippen LogP contribution is 2.24. The third-order valence-corrected chi connectivity index (χ3v) is 7.09.